The third-order valence-corrected chi connectivity index (χ3v) is 4.23. The van der Waals surface area contributed by atoms with E-state index in [2.05, 4.69) is 10.2 Å². The van der Waals surface area contributed by atoms with E-state index in [0.717, 1.165) is 44.3 Å². The first-order valence-electron chi connectivity index (χ1n) is 7.70. The highest BCUT2D eigenvalue weighted by atomic mass is 19.1. The van der Waals surface area contributed by atoms with Crippen LogP contribution in [0.25, 0.3) is 0 Å². The first kappa shape index (κ1) is 17.9. The van der Waals surface area contributed by atoms with Crippen LogP contribution in [0.1, 0.15) is 12.8 Å². The van der Waals surface area contributed by atoms with E-state index in [4.69, 9.17) is 0 Å². The number of carbonyl (C=O) groups is 1. The lowest BCUT2D eigenvalue weighted by Crippen LogP contribution is -2.44. The Kier molecular flexibility index (Phi) is 5.88. The predicted octanol–water partition coefficient (Wildman–Crippen LogP) is 2.34. The Morgan fingerprint density at radius 1 is 1.38 bits per heavy atom. The molecule has 0 saturated carbocycles. The first-order chi connectivity index (χ1) is 11.4. The van der Waals surface area contributed by atoms with Crippen molar-refractivity contribution in [2.75, 3.05) is 32.5 Å². The monoisotopic (exact) mass is 334 g/mol. The fourth-order valence-electron chi connectivity index (χ4n) is 2.66. The number of hydrogen-bond donors (Lipinski definition) is 1. The van der Waals surface area contributed by atoms with Crippen LogP contribution in [0, 0.1) is 23.0 Å². The molecule has 0 aliphatic carbocycles. The maximum Gasteiger partial charge on any atom is 0.266 e. The number of benzene rings is 1. The number of piperidine rings is 1. The number of nitriles is 1. The van der Waals surface area contributed by atoms with Gasteiger partial charge in [0.15, 0.2) is 0 Å². The van der Waals surface area contributed by atoms with Gasteiger partial charge < -0.3 is 15.1 Å². The predicted molar refractivity (Wildman–Crippen MR) is 87.0 cm³/mol. The van der Waals surface area contributed by atoms with E-state index in [-0.39, 0.29) is 17.3 Å². The van der Waals surface area contributed by atoms with E-state index in [9.17, 15) is 18.8 Å². The Bertz CT molecular complexity index is 655. The molecule has 0 spiro atoms. The van der Waals surface area contributed by atoms with Crippen LogP contribution >= 0.6 is 0 Å². The number of carbonyl (C=O) groups excluding carboxylic acids is 1. The molecule has 1 fully saturated rings. The Morgan fingerprint density at radius 3 is 2.50 bits per heavy atom. The Morgan fingerprint density at radius 2 is 1.96 bits per heavy atom. The molecule has 128 valence electrons. The van der Waals surface area contributed by atoms with Gasteiger partial charge in [0, 0.05) is 19.3 Å². The summed E-state index contributed by atoms with van der Waals surface area (Å²) in [6.07, 6.45) is 2.70. The summed E-state index contributed by atoms with van der Waals surface area (Å²) < 4.78 is 27.2. The van der Waals surface area contributed by atoms with Crippen LogP contribution in [0.3, 0.4) is 0 Å². The highest BCUT2D eigenvalue weighted by Gasteiger charge is 2.26. The zero-order chi connectivity index (χ0) is 17.7. The molecule has 2 rings (SSSR count). The van der Waals surface area contributed by atoms with Crippen molar-refractivity contribution in [1.82, 2.24) is 9.80 Å². The molecule has 0 unspecified atom stereocenters. The van der Waals surface area contributed by atoms with Gasteiger partial charge in [0.05, 0.1) is 0 Å². The quantitative estimate of drug-likeness (QED) is 0.678. The molecule has 1 aliphatic heterocycles. The third-order valence-electron chi connectivity index (χ3n) is 4.23. The van der Waals surface area contributed by atoms with Crippen LogP contribution in [-0.4, -0.2) is 48.9 Å². The van der Waals surface area contributed by atoms with E-state index in [0.29, 0.717) is 0 Å². The fourth-order valence-corrected chi connectivity index (χ4v) is 2.66. The van der Waals surface area contributed by atoms with Crippen LogP contribution in [-0.2, 0) is 4.79 Å². The number of para-hydroxylation sites is 1. The zero-order valence-electron chi connectivity index (χ0n) is 13.7. The van der Waals surface area contributed by atoms with E-state index >= 15 is 0 Å². The molecule has 5 nitrogen and oxygen atoms in total. The van der Waals surface area contributed by atoms with Crippen LogP contribution in [0.15, 0.2) is 30.0 Å². The number of hydrogen-bond acceptors (Lipinski definition) is 4. The molecular formula is C17H20F2N4O. The van der Waals surface area contributed by atoms with Gasteiger partial charge in [-0.3, -0.25) is 4.79 Å². The van der Waals surface area contributed by atoms with Gasteiger partial charge in [-0.2, -0.15) is 5.26 Å². The van der Waals surface area contributed by atoms with Gasteiger partial charge >= 0.3 is 0 Å². The van der Waals surface area contributed by atoms with Gasteiger partial charge in [-0.1, -0.05) is 6.07 Å². The van der Waals surface area contributed by atoms with Crippen molar-refractivity contribution in [3.05, 3.63) is 41.6 Å². The smallest absolute Gasteiger partial charge is 0.266 e. The molecule has 1 amide bonds. The van der Waals surface area contributed by atoms with Gasteiger partial charge in [0.1, 0.15) is 29.0 Å². The average molecular weight is 334 g/mol. The SMILES string of the molecule is CN1CCC(N(C)C(=O)/C(C#N)=C\Nc2c(F)cccc2F)CC1. The molecule has 0 radical (unpaired) electrons. The van der Waals surface area contributed by atoms with Crippen LogP contribution in [0.5, 0.6) is 0 Å². The van der Waals surface area contributed by atoms with Gasteiger partial charge in [0.25, 0.3) is 5.91 Å². The number of amides is 1. The van der Waals surface area contributed by atoms with Crippen LogP contribution < -0.4 is 5.32 Å². The van der Waals surface area contributed by atoms with Gasteiger partial charge in [-0.25, -0.2) is 8.78 Å². The van der Waals surface area contributed by atoms with Crippen molar-refractivity contribution in [3.8, 4) is 6.07 Å². The van der Waals surface area contributed by atoms with Crippen molar-refractivity contribution in [1.29, 1.82) is 5.26 Å². The molecule has 7 heteroatoms. The number of anilines is 1. The van der Waals surface area contributed by atoms with Crippen molar-refractivity contribution >= 4 is 11.6 Å². The molecule has 0 atom stereocenters. The Labute approximate surface area is 140 Å². The minimum Gasteiger partial charge on any atom is -0.355 e. The summed E-state index contributed by atoms with van der Waals surface area (Å²) in [5.74, 6) is -2.05. The number of halogens is 2. The molecule has 0 aromatic heterocycles. The minimum absolute atomic E-state index is 0.0515. The van der Waals surface area contributed by atoms with Crippen molar-refractivity contribution in [3.63, 3.8) is 0 Å². The summed E-state index contributed by atoms with van der Waals surface area (Å²) in [4.78, 5) is 16.1. The lowest BCUT2D eigenvalue weighted by molar-refractivity contribution is -0.128. The minimum atomic E-state index is -0.792. The normalized spacial score (nSPS) is 16.5. The maximum absolute atomic E-state index is 13.6. The summed E-state index contributed by atoms with van der Waals surface area (Å²) in [7, 11) is 3.67. The van der Waals surface area contributed by atoms with Crippen molar-refractivity contribution in [2.24, 2.45) is 0 Å². The number of rotatable bonds is 4. The van der Waals surface area contributed by atoms with E-state index in [1.54, 1.807) is 13.1 Å². The van der Waals surface area contributed by atoms with Crippen molar-refractivity contribution in [2.45, 2.75) is 18.9 Å². The van der Waals surface area contributed by atoms with Gasteiger partial charge in [0.2, 0.25) is 0 Å². The fraction of sp³-hybridized carbons (Fsp3) is 0.412. The molecular weight excluding hydrogens is 314 g/mol. The Hall–Kier alpha value is -2.46. The zero-order valence-corrected chi connectivity index (χ0v) is 13.7. The summed E-state index contributed by atoms with van der Waals surface area (Å²) in [5.41, 5.74) is -0.584. The second kappa shape index (κ2) is 7.88. The number of nitrogens with one attached hydrogen (secondary N) is 1. The molecule has 0 bridgehead atoms. The van der Waals surface area contributed by atoms with Crippen LogP contribution in [0.2, 0.25) is 0 Å². The maximum atomic E-state index is 13.6. The second-order valence-electron chi connectivity index (χ2n) is 5.86. The van der Waals surface area contributed by atoms with Crippen molar-refractivity contribution < 1.29 is 13.6 Å². The largest absolute Gasteiger partial charge is 0.355 e. The standard InChI is InChI=1S/C17H20F2N4O/c1-22-8-6-13(7-9-22)23(2)17(24)12(10-20)11-21-16-14(18)4-3-5-15(16)19/h3-5,11,13,21H,6-9H2,1-2H3/b12-11-. The molecule has 1 aromatic rings. The Balaban J connectivity index is 2.09. The summed E-state index contributed by atoms with van der Waals surface area (Å²) in [6.45, 7) is 1.76. The van der Waals surface area contributed by atoms with Gasteiger partial charge in [-0.05, 0) is 45.1 Å². The molecule has 1 saturated heterocycles. The highest BCUT2D eigenvalue weighted by Crippen LogP contribution is 2.19. The van der Waals surface area contributed by atoms with E-state index < -0.39 is 17.5 Å². The molecule has 1 heterocycles. The lowest BCUT2D eigenvalue weighted by Gasteiger charge is -2.34. The average Bonchev–Trinajstić information content (AvgIpc) is 2.57. The lowest BCUT2D eigenvalue weighted by atomic mass is 10.0. The highest BCUT2D eigenvalue weighted by molar-refractivity contribution is 5.97. The van der Waals surface area contributed by atoms with E-state index in [1.165, 1.54) is 11.0 Å². The number of likely N-dealkylation sites (tertiary alicyclic amines) is 1. The molecule has 1 aliphatic rings. The van der Waals surface area contributed by atoms with E-state index in [1.807, 2.05) is 7.05 Å². The first-order valence-corrected chi connectivity index (χ1v) is 7.70. The third kappa shape index (κ3) is 4.09. The van der Waals surface area contributed by atoms with Gasteiger partial charge in [-0.15, -0.1) is 0 Å². The molecule has 1 N–H and O–H groups in total. The number of likely N-dealkylation sites (N-methyl/N-ethyl adjacent to an activating group) is 1. The van der Waals surface area contributed by atoms with Crippen LogP contribution in [0.4, 0.5) is 14.5 Å². The summed E-state index contributed by atoms with van der Waals surface area (Å²) in [6, 6.07) is 5.27. The molecule has 24 heavy (non-hydrogen) atoms. The molecule has 1 aromatic carbocycles. The topological polar surface area (TPSA) is 59.4 Å². The summed E-state index contributed by atoms with van der Waals surface area (Å²) in [5, 5.41) is 11.6. The number of nitrogens with zero attached hydrogens (tertiary/aromatic N) is 3. The summed E-state index contributed by atoms with van der Waals surface area (Å²) >= 11 is 0. The second-order valence-corrected chi connectivity index (χ2v) is 5.86.